The van der Waals surface area contributed by atoms with E-state index >= 15 is 0 Å². The van der Waals surface area contributed by atoms with Crippen molar-refractivity contribution in [3.8, 4) is 0 Å². The van der Waals surface area contributed by atoms with Gasteiger partial charge in [0.2, 0.25) is 5.91 Å². The number of carbonyl (C=O) groups excluding carboxylic acids is 1. The Balaban J connectivity index is 1.86. The first-order valence-corrected chi connectivity index (χ1v) is 9.59. The molecule has 2 heteroatoms. The fourth-order valence-electron chi connectivity index (χ4n) is 6.77. The lowest BCUT2D eigenvalue weighted by atomic mass is 9.43. The molecule has 2 N–H and O–H groups in total. The van der Waals surface area contributed by atoms with Gasteiger partial charge in [-0.05, 0) is 80.0 Å². The van der Waals surface area contributed by atoms with Gasteiger partial charge in [-0.2, -0.15) is 0 Å². The standard InChI is InChI=1S/C20H35NO/c1-13(2)14-6-8-16-15(12-14)7-9-17-19(16,3)10-5-11-20(17,4)18(21)22/h13-17H,5-12H2,1-4H3,(H2,21,22)/t14?,15?,16-,17?,19-,20+/m1/s1. The highest BCUT2D eigenvalue weighted by Crippen LogP contribution is 2.64. The van der Waals surface area contributed by atoms with Gasteiger partial charge in [0.1, 0.15) is 0 Å². The van der Waals surface area contributed by atoms with Gasteiger partial charge in [-0.3, -0.25) is 4.79 Å². The Kier molecular flexibility index (Phi) is 4.10. The Labute approximate surface area is 136 Å². The SMILES string of the molecule is CC(C)C1CC[C@@H]2C(CCC3[C@]2(C)CCC[C@]3(C)C(N)=O)C1. The molecule has 3 saturated carbocycles. The van der Waals surface area contributed by atoms with Crippen LogP contribution in [0.3, 0.4) is 0 Å². The minimum absolute atomic E-state index is 0.0438. The minimum atomic E-state index is -0.257. The molecule has 0 aromatic heterocycles. The van der Waals surface area contributed by atoms with Crippen LogP contribution in [0.5, 0.6) is 0 Å². The van der Waals surface area contributed by atoms with Crippen LogP contribution >= 0.6 is 0 Å². The van der Waals surface area contributed by atoms with E-state index in [-0.39, 0.29) is 11.3 Å². The Morgan fingerprint density at radius 2 is 1.82 bits per heavy atom. The van der Waals surface area contributed by atoms with E-state index in [0.717, 1.165) is 30.1 Å². The highest BCUT2D eigenvalue weighted by atomic mass is 16.1. The zero-order valence-electron chi connectivity index (χ0n) is 15.0. The van der Waals surface area contributed by atoms with Crippen LogP contribution in [0.1, 0.15) is 79.1 Å². The molecule has 0 saturated heterocycles. The van der Waals surface area contributed by atoms with Crippen LogP contribution in [0.2, 0.25) is 0 Å². The van der Waals surface area contributed by atoms with E-state index in [1.165, 1.54) is 44.9 Å². The van der Waals surface area contributed by atoms with Gasteiger partial charge in [-0.1, -0.05) is 34.1 Å². The molecule has 0 aromatic rings. The van der Waals surface area contributed by atoms with Gasteiger partial charge < -0.3 is 5.73 Å². The maximum Gasteiger partial charge on any atom is 0.223 e. The summed E-state index contributed by atoms with van der Waals surface area (Å²) in [4.78, 5) is 12.2. The summed E-state index contributed by atoms with van der Waals surface area (Å²) in [5.41, 5.74) is 5.96. The van der Waals surface area contributed by atoms with Gasteiger partial charge in [-0.15, -0.1) is 0 Å². The predicted octanol–water partition coefficient (Wildman–Crippen LogP) is 4.77. The van der Waals surface area contributed by atoms with Crippen LogP contribution < -0.4 is 5.73 Å². The Morgan fingerprint density at radius 1 is 1.09 bits per heavy atom. The quantitative estimate of drug-likeness (QED) is 0.785. The van der Waals surface area contributed by atoms with Gasteiger partial charge in [0.15, 0.2) is 0 Å². The molecule has 0 heterocycles. The smallest absolute Gasteiger partial charge is 0.223 e. The summed E-state index contributed by atoms with van der Waals surface area (Å²) < 4.78 is 0. The lowest BCUT2D eigenvalue weighted by Gasteiger charge is -2.61. The molecular formula is C20H35NO. The topological polar surface area (TPSA) is 43.1 Å². The lowest BCUT2D eigenvalue weighted by Crippen LogP contribution is -2.57. The second-order valence-electron chi connectivity index (χ2n) is 9.45. The van der Waals surface area contributed by atoms with Crippen molar-refractivity contribution in [3.05, 3.63) is 0 Å². The van der Waals surface area contributed by atoms with Gasteiger partial charge in [-0.25, -0.2) is 0 Å². The van der Waals surface area contributed by atoms with E-state index in [0.29, 0.717) is 11.3 Å². The third-order valence-corrected chi connectivity index (χ3v) is 8.18. The fourth-order valence-corrected chi connectivity index (χ4v) is 6.77. The van der Waals surface area contributed by atoms with Gasteiger partial charge >= 0.3 is 0 Å². The molecule has 0 spiro atoms. The molecule has 3 rings (SSSR count). The first-order chi connectivity index (χ1) is 10.3. The number of amides is 1. The van der Waals surface area contributed by atoms with Crippen molar-refractivity contribution in [2.75, 3.05) is 0 Å². The van der Waals surface area contributed by atoms with E-state index in [9.17, 15) is 4.79 Å². The fraction of sp³-hybridized carbons (Fsp3) is 0.950. The summed E-state index contributed by atoms with van der Waals surface area (Å²) in [6, 6.07) is 0. The van der Waals surface area contributed by atoms with Crippen LogP contribution in [0.25, 0.3) is 0 Å². The van der Waals surface area contributed by atoms with Crippen molar-refractivity contribution in [2.24, 2.45) is 46.2 Å². The maximum atomic E-state index is 12.2. The molecule has 22 heavy (non-hydrogen) atoms. The van der Waals surface area contributed by atoms with Crippen LogP contribution in [0, 0.1) is 40.4 Å². The summed E-state index contributed by atoms with van der Waals surface area (Å²) in [5.74, 6) is 3.96. The van der Waals surface area contributed by atoms with E-state index < -0.39 is 0 Å². The minimum Gasteiger partial charge on any atom is -0.369 e. The molecule has 0 aromatic carbocycles. The third kappa shape index (κ3) is 2.32. The second-order valence-corrected chi connectivity index (χ2v) is 9.45. The third-order valence-electron chi connectivity index (χ3n) is 8.18. The van der Waals surface area contributed by atoms with Gasteiger partial charge in [0.25, 0.3) is 0 Å². The van der Waals surface area contributed by atoms with Crippen molar-refractivity contribution >= 4 is 5.91 Å². The zero-order valence-corrected chi connectivity index (χ0v) is 15.0. The van der Waals surface area contributed by atoms with Crippen LogP contribution in [-0.2, 0) is 4.79 Å². The number of primary amides is 1. The Bertz CT molecular complexity index is 445. The van der Waals surface area contributed by atoms with Crippen molar-refractivity contribution in [3.63, 3.8) is 0 Å². The number of hydrogen-bond donors (Lipinski definition) is 1. The number of hydrogen-bond acceptors (Lipinski definition) is 1. The average molecular weight is 306 g/mol. The molecular weight excluding hydrogens is 270 g/mol. The summed E-state index contributed by atoms with van der Waals surface area (Å²) in [6.07, 6.45) is 10.3. The van der Waals surface area contributed by atoms with E-state index in [1.54, 1.807) is 0 Å². The van der Waals surface area contributed by atoms with Gasteiger partial charge in [0.05, 0.1) is 0 Å². The molecule has 126 valence electrons. The maximum absolute atomic E-state index is 12.2. The summed E-state index contributed by atoms with van der Waals surface area (Å²) in [6.45, 7) is 9.45. The second kappa shape index (κ2) is 5.53. The largest absolute Gasteiger partial charge is 0.369 e. The molecule has 2 nitrogen and oxygen atoms in total. The average Bonchev–Trinajstić information content (AvgIpc) is 2.46. The normalized spacial score (nSPS) is 48.6. The zero-order chi connectivity index (χ0) is 16.1. The first-order valence-electron chi connectivity index (χ1n) is 9.59. The first kappa shape index (κ1) is 16.3. The number of carbonyl (C=O) groups is 1. The van der Waals surface area contributed by atoms with Crippen LogP contribution in [0.4, 0.5) is 0 Å². The summed E-state index contributed by atoms with van der Waals surface area (Å²) in [5, 5.41) is 0. The van der Waals surface area contributed by atoms with Crippen molar-refractivity contribution in [1.82, 2.24) is 0 Å². The van der Waals surface area contributed by atoms with Crippen molar-refractivity contribution in [2.45, 2.75) is 79.1 Å². The highest BCUT2D eigenvalue weighted by Gasteiger charge is 2.58. The molecule has 0 bridgehead atoms. The van der Waals surface area contributed by atoms with Crippen molar-refractivity contribution < 1.29 is 4.79 Å². The molecule has 0 aliphatic heterocycles. The lowest BCUT2D eigenvalue weighted by molar-refractivity contribution is -0.154. The van der Waals surface area contributed by atoms with Crippen molar-refractivity contribution in [1.29, 1.82) is 0 Å². The molecule has 3 aliphatic rings. The molecule has 6 atom stereocenters. The molecule has 1 amide bonds. The van der Waals surface area contributed by atoms with E-state index in [2.05, 4.69) is 27.7 Å². The Hall–Kier alpha value is -0.530. The number of rotatable bonds is 2. The monoisotopic (exact) mass is 305 g/mol. The molecule has 3 aliphatic carbocycles. The molecule has 0 radical (unpaired) electrons. The van der Waals surface area contributed by atoms with Crippen LogP contribution in [0.15, 0.2) is 0 Å². The summed E-state index contributed by atoms with van der Waals surface area (Å²) in [7, 11) is 0. The number of fused-ring (bicyclic) bond motifs is 3. The number of nitrogens with two attached hydrogens (primary N) is 1. The molecule has 3 fully saturated rings. The van der Waals surface area contributed by atoms with Gasteiger partial charge in [0, 0.05) is 5.41 Å². The highest BCUT2D eigenvalue weighted by molar-refractivity contribution is 5.81. The summed E-state index contributed by atoms with van der Waals surface area (Å²) >= 11 is 0. The Morgan fingerprint density at radius 3 is 2.45 bits per heavy atom. The van der Waals surface area contributed by atoms with Crippen LogP contribution in [-0.4, -0.2) is 5.91 Å². The molecule has 3 unspecified atom stereocenters. The van der Waals surface area contributed by atoms with E-state index in [1.807, 2.05) is 0 Å². The van der Waals surface area contributed by atoms with E-state index in [4.69, 9.17) is 5.73 Å². The predicted molar refractivity (Wildman–Crippen MR) is 91.1 cm³/mol.